The summed E-state index contributed by atoms with van der Waals surface area (Å²) in [4.78, 5) is 2.11. The molecule has 0 spiro atoms. The van der Waals surface area contributed by atoms with Gasteiger partial charge in [-0.3, -0.25) is 0 Å². The molecule has 0 unspecified atom stereocenters. The molecule has 1 fully saturated rings. The lowest BCUT2D eigenvalue weighted by molar-refractivity contribution is 0.280. The smallest absolute Gasteiger partial charge is 0.0702 e. The molecule has 2 N–H and O–H groups in total. The van der Waals surface area contributed by atoms with Gasteiger partial charge < -0.3 is 15.1 Å². The summed E-state index contributed by atoms with van der Waals surface area (Å²) in [5, 5.41) is 19.0. The van der Waals surface area contributed by atoms with E-state index in [-0.39, 0.29) is 13.2 Å². The third-order valence-electron chi connectivity index (χ3n) is 2.86. The maximum Gasteiger partial charge on any atom is 0.0702 e. The first-order chi connectivity index (χ1) is 7.77. The maximum absolute atomic E-state index is 9.31. The largest absolute Gasteiger partial charge is 0.395 e. The van der Waals surface area contributed by atoms with E-state index in [2.05, 4.69) is 4.90 Å². The van der Waals surface area contributed by atoms with Crippen molar-refractivity contribution in [3.63, 3.8) is 0 Å². The highest BCUT2D eigenvalue weighted by Crippen LogP contribution is 2.37. The molecule has 1 saturated carbocycles. The Morgan fingerprint density at radius 3 is 2.62 bits per heavy atom. The van der Waals surface area contributed by atoms with Crippen LogP contribution < -0.4 is 4.90 Å². The zero-order chi connectivity index (χ0) is 11.5. The van der Waals surface area contributed by atoms with Crippen LogP contribution in [0.3, 0.4) is 0 Å². The number of para-hydroxylation sites is 1. The lowest BCUT2D eigenvalue weighted by Crippen LogP contribution is -2.30. The van der Waals surface area contributed by atoms with E-state index in [9.17, 15) is 5.11 Å². The van der Waals surface area contributed by atoms with Crippen molar-refractivity contribution < 1.29 is 10.2 Å². The number of rotatable bonds is 5. The van der Waals surface area contributed by atoms with Crippen molar-refractivity contribution in [3.05, 3.63) is 28.8 Å². The lowest BCUT2D eigenvalue weighted by atomic mass is 10.1. The highest BCUT2D eigenvalue weighted by atomic mass is 35.5. The summed E-state index contributed by atoms with van der Waals surface area (Å²) in [7, 11) is 0. The number of aliphatic hydroxyl groups is 2. The molecular weight excluding hydrogens is 226 g/mol. The van der Waals surface area contributed by atoms with Crippen LogP contribution in [0.15, 0.2) is 18.2 Å². The van der Waals surface area contributed by atoms with Gasteiger partial charge in [0.1, 0.15) is 0 Å². The van der Waals surface area contributed by atoms with E-state index < -0.39 is 0 Å². The second-order valence-corrected chi connectivity index (χ2v) is 4.46. The minimum absolute atomic E-state index is 0.0233. The second-order valence-electron chi connectivity index (χ2n) is 4.05. The van der Waals surface area contributed by atoms with E-state index in [4.69, 9.17) is 16.7 Å². The molecule has 1 aromatic carbocycles. The van der Waals surface area contributed by atoms with Gasteiger partial charge in [-0.2, -0.15) is 0 Å². The first-order valence-corrected chi connectivity index (χ1v) is 5.91. The topological polar surface area (TPSA) is 43.7 Å². The van der Waals surface area contributed by atoms with Crippen molar-refractivity contribution in [3.8, 4) is 0 Å². The molecule has 0 atom stereocenters. The van der Waals surface area contributed by atoms with E-state index in [1.807, 2.05) is 18.2 Å². The number of hydrogen-bond donors (Lipinski definition) is 2. The molecule has 0 radical (unpaired) electrons. The molecule has 1 aliphatic carbocycles. The molecule has 1 aliphatic rings. The minimum Gasteiger partial charge on any atom is -0.395 e. The third-order valence-corrected chi connectivity index (χ3v) is 3.16. The van der Waals surface area contributed by atoms with Gasteiger partial charge in [-0.25, -0.2) is 0 Å². The van der Waals surface area contributed by atoms with Crippen LogP contribution >= 0.6 is 11.6 Å². The molecule has 0 aromatic heterocycles. The van der Waals surface area contributed by atoms with E-state index in [1.54, 1.807) is 0 Å². The molecule has 0 saturated heterocycles. The molecule has 0 aliphatic heterocycles. The Kier molecular flexibility index (Phi) is 3.69. The number of nitrogens with zero attached hydrogens (tertiary/aromatic N) is 1. The quantitative estimate of drug-likeness (QED) is 0.826. The molecule has 2 rings (SSSR count). The fourth-order valence-electron chi connectivity index (χ4n) is 1.98. The van der Waals surface area contributed by atoms with Gasteiger partial charge >= 0.3 is 0 Å². The molecule has 0 amide bonds. The van der Waals surface area contributed by atoms with Crippen LogP contribution in [0.1, 0.15) is 18.4 Å². The van der Waals surface area contributed by atoms with Gasteiger partial charge in [0.25, 0.3) is 0 Å². The second kappa shape index (κ2) is 5.04. The molecular formula is C12H16ClNO2. The zero-order valence-electron chi connectivity index (χ0n) is 9.06. The average Bonchev–Trinajstić information content (AvgIpc) is 3.10. The molecule has 88 valence electrons. The first-order valence-electron chi connectivity index (χ1n) is 5.53. The van der Waals surface area contributed by atoms with Crippen molar-refractivity contribution in [1.29, 1.82) is 0 Å². The number of hydrogen-bond acceptors (Lipinski definition) is 3. The monoisotopic (exact) mass is 241 g/mol. The molecule has 0 heterocycles. The van der Waals surface area contributed by atoms with E-state index >= 15 is 0 Å². The van der Waals surface area contributed by atoms with E-state index in [0.717, 1.165) is 24.1 Å². The first kappa shape index (κ1) is 11.7. The molecule has 0 bridgehead atoms. The van der Waals surface area contributed by atoms with Gasteiger partial charge in [-0.05, 0) is 18.9 Å². The fourth-order valence-corrected chi connectivity index (χ4v) is 2.28. The normalized spacial score (nSPS) is 15.2. The molecule has 1 aromatic rings. The highest BCUT2D eigenvalue weighted by molar-refractivity contribution is 6.33. The van der Waals surface area contributed by atoms with Crippen molar-refractivity contribution in [2.45, 2.75) is 25.5 Å². The van der Waals surface area contributed by atoms with Gasteiger partial charge in [0.2, 0.25) is 0 Å². The van der Waals surface area contributed by atoms with Crippen LogP contribution in [-0.2, 0) is 6.61 Å². The predicted molar refractivity (Wildman–Crippen MR) is 64.8 cm³/mol. The number of aliphatic hydroxyl groups excluding tert-OH is 2. The summed E-state index contributed by atoms with van der Waals surface area (Å²) in [6.07, 6.45) is 2.27. The van der Waals surface area contributed by atoms with Crippen LogP contribution in [0.5, 0.6) is 0 Å². The van der Waals surface area contributed by atoms with Crippen LogP contribution in [0.4, 0.5) is 5.69 Å². The van der Waals surface area contributed by atoms with Crippen molar-refractivity contribution >= 4 is 17.3 Å². The number of anilines is 1. The van der Waals surface area contributed by atoms with Crippen LogP contribution in [0.25, 0.3) is 0 Å². The summed E-state index contributed by atoms with van der Waals surface area (Å²) in [5.41, 5.74) is 1.70. The summed E-state index contributed by atoms with van der Waals surface area (Å²) in [6, 6.07) is 6.00. The molecule has 4 heteroatoms. The third kappa shape index (κ3) is 2.32. The summed E-state index contributed by atoms with van der Waals surface area (Å²) >= 11 is 6.18. The molecule has 16 heavy (non-hydrogen) atoms. The van der Waals surface area contributed by atoms with Gasteiger partial charge in [-0.1, -0.05) is 23.7 Å². The Morgan fingerprint density at radius 2 is 2.06 bits per heavy atom. The highest BCUT2D eigenvalue weighted by Gasteiger charge is 2.31. The average molecular weight is 242 g/mol. The Labute approximate surface area is 100 Å². The maximum atomic E-state index is 9.31. The van der Waals surface area contributed by atoms with E-state index in [1.165, 1.54) is 0 Å². The zero-order valence-corrected chi connectivity index (χ0v) is 9.82. The summed E-state index contributed by atoms with van der Waals surface area (Å²) < 4.78 is 0. The summed E-state index contributed by atoms with van der Waals surface area (Å²) in [5.74, 6) is 0. The Morgan fingerprint density at radius 1 is 1.31 bits per heavy atom. The van der Waals surface area contributed by atoms with Crippen LogP contribution in [0.2, 0.25) is 5.02 Å². The Hall–Kier alpha value is -0.770. The van der Waals surface area contributed by atoms with Crippen molar-refractivity contribution in [2.24, 2.45) is 0 Å². The lowest BCUT2D eigenvalue weighted by Gasteiger charge is -2.27. The van der Waals surface area contributed by atoms with Gasteiger partial charge in [0.05, 0.1) is 23.9 Å². The van der Waals surface area contributed by atoms with Crippen LogP contribution in [0, 0.1) is 0 Å². The minimum atomic E-state index is -0.0233. The standard InChI is InChI=1S/C12H16ClNO2/c13-11-3-1-2-9(8-16)12(11)14(6-7-15)10-4-5-10/h1-3,10,15-16H,4-8H2. The number of halogens is 1. The van der Waals surface area contributed by atoms with Crippen LogP contribution in [-0.4, -0.2) is 29.4 Å². The SMILES string of the molecule is OCCN(c1c(Cl)cccc1CO)C1CC1. The Balaban J connectivity index is 2.34. The van der Waals surface area contributed by atoms with Crippen molar-refractivity contribution in [2.75, 3.05) is 18.1 Å². The molecule has 3 nitrogen and oxygen atoms in total. The van der Waals surface area contributed by atoms with Gasteiger partial charge in [-0.15, -0.1) is 0 Å². The van der Waals surface area contributed by atoms with E-state index in [0.29, 0.717) is 17.6 Å². The van der Waals surface area contributed by atoms with Crippen molar-refractivity contribution in [1.82, 2.24) is 0 Å². The fraction of sp³-hybridized carbons (Fsp3) is 0.500. The van der Waals surface area contributed by atoms with Gasteiger partial charge in [0, 0.05) is 18.2 Å². The summed E-state index contributed by atoms with van der Waals surface area (Å²) in [6.45, 7) is 0.651. The Bertz CT molecular complexity index is 366. The predicted octanol–water partition coefficient (Wildman–Crippen LogP) is 1.79. The number of benzene rings is 1. The van der Waals surface area contributed by atoms with Gasteiger partial charge in [0.15, 0.2) is 0 Å².